The van der Waals surface area contributed by atoms with Crippen LogP contribution in [0.4, 0.5) is 0 Å². The van der Waals surface area contributed by atoms with Crippen LogP contribution in [0.3, 0.4) is 0 Å². The van der Waals surface area contributed by atoms with Crippen molar-refractivity contribution < 1.29 is 28.8 Å². The van der Waals surface area contributed by atoms with Crippen LogP contribution in [0, 0.1) is 3.57 Å². The summed E-state index contributed by atoms with van der Waals surface area (Å²) in [5, 5.41) is 10.7. The van der Waals surface area contributed by atoms with E-state index in [0.717, 1.165) is 3.57 Å². The van der Waals surface area contributed by atoms with Crippen LogP contribution in [0.15, 0.2) is 24.3 Å². The van der Waals surface area contributed by atoms with Gasteiger partial charge in [0.05, 0.1) is 5.56 Å². The van der Waals surface area contributed by atoms with Gasteiger partial charge < -0.3 is 24.1 Å². The molecule has 1 aromatic carbocycles. The summed E-state index contributed by atoms with van der Waals surface area (Å²) >= 11 is 2.07. The van der Waals surface area contributed by atoms with Gasteiger partial charge in [-0.2, -0.15) is 0 Å². The molecule has 6 nitrogen and oxygen atoms in total. The third-order valence-electron chi connectivity index (χ3n) is 4.04. The summed E-state index contributed by atoms with van der Waals surface area (Å²) in [5.74, 6) is -1.25. The molecule has 1 unspecified atom stereocenters. The second kappa shape index (κ2) is 5.96. The fourth-order valence-electron chi connectivity index (χ4n) is 2.77. The van der Waals surface area contributed by atoms with Crippen LogP contribution < -0.4 is 0 Å². The molecule has 2 aliphatic heterocycles. The van der Waals surface area contributed by atoms with Crippen molar-refractivity contribution in [2.75, 3.05) is 6.61 Å². The monoisotopic (exact) mass is 434 g/mol. The summed E-state index contributed by atoms with van der Waals surface area (Å²) in [6.45, 7) is 5.05. The molecule has 2 aliphatic rings. The lowest BCUT2D eigenvalue weighted by molar-refractivity contribution is -0.230. The quantitative estimate of drug-likeness (QED) is 0.580. The molecule has 23 heavy (non-hydrogen) atoms. The molecule has 0 amide bonds. The first kappa shape index (κ1) is 17.1. The zero-order chi connectivity index (χ0) is 16.8. The van der Waals surface area contributed by atoms with Gasteiger partial charge >= 0.3 is 5.97 Å². The van der Waals surface area contributed by atoms with E-state index in [9.17, 15) is 9.90 Å². The molecule has 0 spiro atoms. The Morgan fingerprint density at radius 1 is 1.30 bits per heavy atom. The number of carbonyl (C=O) groups is 1. The molecule has 3 rings (SSSR count). The Labute approximate surface area is 148 Å². The third kappa shape index (κ3) is 3.25. The highest BCUT2D eigenvalue weighted by molar-refractivity contribution is 14.1. The second-order valence-electron chi connectivity index (χ2n) is 6.35. The minimum Gasteiger partial charge on any atom is -0.459 e. The molecule has 2 heterocycles. The first-order valence-corrected chi connectivity index (χ1v) is 8.44. The highest BCUT2D eigenvalue weighted by atomic mass is 127. The fourth-order valence-corrected chi connectivity index (χ4v) is 3.38. The Bertz CT molecular complexity index is 614. The van der Waals surface area contributed by atoms with Crippen molar-refractivity contribution in [3.63, 3.8) is 0 Å². The standard InChI is InChI=1S/C16H19IO6/c1-15(2)22-12-14(23-15)21-11(16(12,3)19)8-20-13(18)9-6-4-5-7-10(9)17/h4-7,11-12,14,19H,8H2,1-3H3/t11-,12?,14-,16-/m0/s1. The SMILES string of the molecule is CC1(C)OC2[C@@H](O[C@@H](COC(=O)c3ccccc3I)[C@]2(C)O)O1. The van der Waals surface area contributed by atoms with Crippen molar-refractivity contribution >= 4 is 28.6 Å². The Morgan fingerprint density at radius 3 is 2.65 bits per heavy atom. The van der Waals surface area contributed by atoms with Crippen molar-refractivity contribution in [1.82, 2.24) is 0 Å². The smallest absolute Gasteiger partial charge is 0.339 e. The number of benzene rings is 1. The van der Waals surface area contributed by atoms with Crippen LogP contribution in [0.2, 0.25) is 0 Å². The number of ether oxygens (including phenoxy) is 4. The Kier molecular flexibility index (Phi) is 4.43. The first-order valence-electron chi connectivity index (χ1n) is 7.36. The van der Waals surface area contributed by atoms with Gasteiger partial charge in [-0.25, -0.2) is 4.79 Å². The normalized spacial score (nSPS) is 35.1. The van der Waals surface area contributed by atoms with E-state index in [1.54, 1.807) is 32.9 Å². The van der Waals surface area contributed by atoms with Gasteiger partial charge in [0.1, 0.15) is 24.4 Å². The Morgan fingerprint density at radius 2 is 2.00 bits per heavy atom. The summed E-state index contributed by atoms with van der Waals surface area (Å²) < 4.78 is 23.1. The van der Waals surface area contributed by atoms with E-state index in [-0.39, 0.29) is 6.61 Å². The molecule has 126 valence electrons. The van der Waals surface area contributed by atoms with Crippen molar-refractivity contribution in [2.24, 2.45) is 0 Å². The van der Waals surface area contributed by atoms with Crippen LogP contribution in [-0.4, -0.2) is 47.6 Å². The van der Waals surface area contributed by atoms with E-state index in [4.69, 9.17) is 18.9 Å². The number of halogens is 1. The summed E-state index contributed by atoms with van der Waals surface area (Å²) in [6, 6.07) is 7.14. The maximum atomic E-state index is 12.2. The van der Waals surface area contributed by atoms with Crippen molar-refractivity contribution in [3.8, 4) is 0 Å². The number of hydrogen-bond donors (Lipinski definition) is 1. The lowest BCUT2D eigenvalue weighted by Gasteiger charge is -2.29. The van der Waals surface area contributed by atoms with E-state index < -0.39 is 35.9 Å². The molecule has 2 saturated heterocycles. The van der Waals surface area contributed by atoms with Crippen LogP contribution in [0.25, 0.3) is 0 Å². The molecule has 4 atom stereocenters. The second-order valence-corrected chi connectivity index (χ2v) is 7.52. The average molecular weight is 434 g/mol. The lowest BCUT2D eigenvalue weighted by Crippen LogP contribution is -2.48. The average Bonchev–Trinajstić information content (AvgIpc) is 2.89. The number of hydrogen-bond acceptors (Lipinski definition) is 6. The van der Waals surface area contributed by atoms with E-state index in [1.807, 2.05) is 12.1 Å². The van der Waals surface area contributed by atoms with Gasteiger partial charge in [-0.3, -0.25) is 0 Å². The predicted molar refractivity (Wildman–Crippen MR) is 88.8 cm³/mol. The van der Waals surface area contributed by atoms with Gasteiger partial charge in [-0.1, -0.05) is 12.1 Å². The number of fused-ring (bicyclic) bond motifs is 1. The molecule has 0 radical (unpaired) electrons. The minimum absolute atomic E-state index is 0.0725. The van der Waals surface area contributed by atoms with Crippen molar-refractivity contribution in [1.29, 1.82) is 0 Å². The summed E-state index contributed by atoms with van der Waals surface area (Å²) in [5.41, 5.74) is -0.817. The van der Waals surface area contributed by atoms with E-state index >= 15 is 0 Å². The minimum atomic E-state index is -1.30. The third-order valence-corrected chi connectivity index (χ3v) is 4.98. The van der Waals surface area contributed by atoms with Crippen LogP contribution in [-0.2, 0) is 18.9 Å². The van der Waals surface area contributed by atoms with Gasteiger partial charge in [-0.05, 0) is 55.5 Å². The molecule has 0 aromatic heterocycles. The molecule has 0 aliphatic carbocycles. The largest absolute Gasteiger partial charge is 0.459 e. The van der Waals surface area contributed by atoms with E-state index in [1.165, 1.54) is 0 Å². The molecule has 7 heteroatoms. The van der Waals surface area contributed by atoms with Crippen LogP contribution in [0.5, 0.6) is 0 Å². The lowest BCUT2D eigenvalue weighted by atomic mass is 9.95. The van der Waals surface area contributed by atoms with Crippen LogP contribution >= 0.6 is 22.6 Å². The Hall–Kier alpha value is -0.740. The molecule has 1 aromatic rings. The van der Waals surface area contributed by atoms with Crippen molar-refractivity contribution in [3.05, 3.63) is 33.4 Å². The maximum absolute atomic E-state index is 12.2. The van der Waals surface area contributed by atoms with Crippen LogP contribution in [0.1, 0.15) is 31.1 Å². The molecule has 1 N–H and O–H groups in total. The highest BCUT2D eigenvalue weighted by Crippen LogP contribution is 2.42. The molecule has 0 bridgehead atoms. The van der Waals surface area contributed by atoms with Gasteiger partial charge in [0, 0.05) is 3.57 Å². The Balaban J connectivity index is 1.64. The first-order chi connectivity index (χ1) is 10.7. The zero-order valence-electron chi connectivity index (χ0n) is 13.1. The van der Waals surface area contributed by atoms with E-state index in [0.29, 0.717) is 5.56 Å². The highest BCUT2D eigenvalue weighted by Gasteiger charge is 2.61. The van der Waals surface area contributed by atoms with Gasteiger partial charge in [0.2, 0.25) is 0 Å². The number of esters is 1. The predicted octanol–water partition coefficient (Wildman–Crippen LogP) is 2.08. The number of aliphatic hydroxyl groups is 1. The number of carbonyl (C=O) groups excluding carboxylic acids is 1. The topological polar surface area (TPSA) is 74.2 Å². The summed E-state index contributed by atoms with van der Waals surface area (Å²) in [4.78, 5) is 12.2. The summed E-state index contributed by atoms with van der Waals surface area (Å²) in [6.07, 6.45) is -1.99. The maximum Gasteiger partial charge on any atom is 0.339 e. The van der Waals surface area contributed by atoms with Gasteiger partial charge in [0.15, 0.2) is 12.1 Å². The molecular formula is C16H19IO6. The zero-order valence-corrected chi connectivity index (χ0v) is 15.3. The van der Waals surface area contributed by atoms with E-state index in [2.05, 4.69) is 22.6 Å². The summed E-state index contributed by atoms with van der Waals surface area (Å²) in [7, 11) is 0. The van der Waals surface area contributed by atoms with Gasteiger partial charge in [-0.15, -0.1) is 0 Å². The number of rotatable bonds is 3. The molecular weight excluding hydrogens is 415 g/mol. The molecule has 0 saturated carbocycles. The fraction of sp³-hybridized carbons (Fsp3) is 0.562. The van der Waals surface area contributed by atoms with Crippen molar-refractivity contribution in [2.45, 2.75) is 50.7 Å². The van der Waals surface area contributed by atoms with Gasteiger partial charge in [0.25, 0.3) is 0 Å². The molecule has 2 fully saturated rings.